The van der Waals surface area contributed by atoms with Crippen LogP contribution in [-0.2, 0) is 0 Å². The summed E-state index contributed by atoms with van der Waals surface area (Å²) in [6.07, 6.45) is 2.67. The van der Waals surface area contributed by atoms with E-state index in [-0.39, 0.29) is 0 Å². The van der Waals surface area contributed by atoms with E-state index in [0.717, 1.165) is 12.6 Å². The molecule has 1 saturated heterocycles. The Balaban J connectivity index is 1.99. The lowest BCUT2D eigenvalue weighted by Gasteiger charge is -2.35. The first-order valence-corrected chi connectivity index (χ1v) is 6.07. The highest BCUT2D eigenvalue weighted by molar-refractivity contribution is 5.77. The molecular formula is C13H19N3. The minimum atomic E-state index is 0.720. The highest BCUT2D eigenvalue weighted by Gasteiger charge is 2.29. The number of nitrogens with one attached hydrogen (secondary N) is 1. The molecule has 0 spiro atoms. The first-order valence-electron chi connectivity index (χ1n) is 6.07. The van der Waals surface area contributed by atoms with E-state index < -0.39 is 0 Å². The Labute approximate surface area is 97.0 Å². The fourth-order valence-corrected chi connectivity index (χ4v) is 2.79. The molecule has 1 N–H and O–H groups in total. The first kappa shape index (κ1) is 9.82. The summed E-state index contributed by atoms with van der Waals surface area (Å²) >= 11 is 0. The molecule has 1 aromatic rings. The largest absolute Gasteiger partial charge is 0.381 e. The molecule has 2 heterocycles. The predicted octanol–water partition coefficient (Wildman–Crippen LogP) is 2.15. The van der Waals surface area contributed by atoms with E-state index in [2.05, 4.69) is 47.4 Å². The number of hydrogen-bond acceptors (Lipinski definition) is 3. The van der Waals surface area contributed by atoms with E-state index in [1.807, 2.05) is 0 Å². The molecule has 3 nitrogen and oxygen atoms in total. The maximum Gasteiger partial charge on any atom is 0.0606 e. The van der Waals surface area contributed by atoms with Crippen LogP contribution in [0, 0.1) is 0 Å². The van der Waals surface area contributed by atoms with Crippen molar-refractivity contribution in [2.75, 3.05) is 42.3 Å². The molecule has 0 bridgehead atoms. The van der Waals surface area contributed by atoms with Crippen molar-refractivity contribution >= 4 is 17.1 Å². The van der Waals surface area contributed by atoms with Crippen LogP contribution in [0.15, 0.2) is 18.2 Å². The molecule has 0 radical (unpaired) electrons. The zero-order valence-electron chi connectivity index (χ0n) is 10.0. The van der Waals surface area contributed by atoms with Crippen LogP contribution in [0.2, 0.25) is 0 Å². The van der Waals surface area contributed by atoms with E-state index in [9.17, 15) is 0 Å². The number of nitrogens with zero attached hydrogens (tertiary/aromatic N) is 2. The standard InChI is InChI=1S/C13H19N3/c1-15(2)10-5-6-13-12(8-10)14-9-11-4-3-7-16(11)13/h5-6,8,11,14H,3-4,7,9H2,1-2H3/t11-/m0/s1. The molecule has 0 aliphatic carbocycles. The average Bonchev–Trinajstić information content (AvgIpc) is 2.76. The molecule has 3 rings (SSSR count). The lowest BCUT2D eigenvalue weighted by Crippen LogP contribution is -2.39. The second-order valence-electron chi connectivity index (χ2n) is 4.97. The van der Waals surface area contributed by atoms with Gasteiger partial charge in [0.1, 0.15) is 0 Å². The van der Waals surface area contributed by atoms with Crippen LogP contribution in [0.1, 0.15) is 12.8 Å². The Morgan fingerprint density at radius 1 is 1.38 bits per heavy atom. The van der Waals surface area contributed by atoms with Gasteiger partial charge in [-0.05, 0) is 31.0 Å². The van der Waals surface area contributed by atoms with Gasteiger partial charge in [0.2, 0.25) is 0 Å². The van der Waals surface area contributed by atoms with Crippen molar-refractivity contribution in [2.24, 2.45) is 0 Å². The van der Waals surface area contributed by atoms with Gasteiger partial charge in [0.15, 0.2) is 0 Å². The fraction of sp³-hybridized carbons (Fsp3) is 0.538. The first-order chi connectivity index (χ1) is 7.75. The third-order valence-electron chi connectivity index (χ3n) is 3.71. The Morgan fingerprint density at radius 2 is 2.25 bits per heavy atom. The van der Waals surface area contributed by atoms with E-state index in [1.54, 1.807) is 0 Å². The molecule has 0 saturated carbocycles. The Hall–Kier alpha value is -1.38. The van der Waals surface area contributed by atoms with Crippen molar-refractivity contribution in [2.45, 2.75) is 18.9 Å². The van der Waals surface area contributed by atoms with Gasteiger partial charge in [0, 0.05) is 38.9 Å². The van der Waals surface area contributed by atoms with Crippen LogP contribution in [0.25, 0.3) is 0 Å². The van der Waals surface area contributed by atoms with Gasteiger partial charge in [-0.3, -0.25) is 0 Å². The highest BCUT2D eigenvalue weighted by atomic mass is 15.2. The normalized spacial score (nSPS) is 22.4. The smallest absolute Gasteiger partial charge is 0.0606 e. The predicted molar refractivity (Wildman–Crippen MR) is 69.6 cm³/mol. The lowest BCUT2D eigenvalue weighted by molar-refractivity contribution is 0.683. The van der Waals surface area contributed by atoms with Crippen LogP contribution in [0.5, 0.6) is 0 Å². The van der Waals surface area contributed by atoms with Crippen LogP contribution < -0.4 is 15.1 Å². The van der Waals surface area contributed by atoms with Gasteiger partial charge in [0.05, 0.1) is 11.4 Å². The number of hydrogen-bond donors (Lipinski definition) is 1. The third-order valence-corrected chi connectivity index (χ3v) is 3.71. The summed E-state index contributed by atoms with van der Waals surface area (Å²) in [5.41, 5.74) is 3.95. The zero-order valence-corrected chi connectivity index (χ0v) is 10.0. The Kier molecular flexibility index (Phi) is 2.20. The average molecular weight is 217 g/mol. The number of anilines is 3. The zero-order chi connectivity index (χ0) is 11.1. The van der Waals surface area contributed by atoms with Crippen molar-refractivity contribution in [3.63, 3.8) is 0 Å². The van der Waals surface area contributed by atoms with Crippen LogP contribution in [0.3, 0.4) is 0 Å². The molecule has 2 aliphatic heterocycles. The summed E-state index contributed by atoms with van der Waals surface area (Å²) < 4.78 is 0. The number of fused-ring (bicyclic) bond motifs is 3. The summed E-state index contributed by atoms with van der Waals surface area (Å²) in [6.45, 7) is 2.32. The maximum atomic E-state index is 3.56. The van der Waals surface area contributed by atoms with Crippen LogP contribution in [-0.4, -0.2) is 33.2 Å². The topological polar surface area (TPSA) is 18.5 Å². The molecule has 1 fully saturated rings. The van der Waals surface area contributed by atoms with Crippen molar-refractivity contribution in [3.8, 4) is 0 Å². The number of benzene rings is 1. The minimum absolute atomic E-state index is 0.720. The van der Waals surface area contributed by atoms with E-state index in [4.69, 9.17) is 0 Å². The van der Waals surface area contributed by atoms with Crippen LogP contribution >= 0.6 is 0 Å². The Bertz CT molecular complexity index is 400. The number of rotatable bonds is 1. The van der Waals surface area contributed by atoms with Gasteiger partial charge in [-0.1, -0.05) is 0 Å². The molecular weight excluding hydrogens is 198 g/mol. The monoisotopic (exact) mass is 217 g/mol. The quantitative estimate of drug-likeness (QED) is 0.777. The molecule has 1 aromatic carbocycles. The fourth-order valence-electron chi connectivity index (χ4n) is 2.79. The molecule has 1 atom stereocenters. The van der Waals surface area contributed by atoms with E-state index >= 15 is 0 Å². The molecule has 86 valence electrons. The lowest BCUT2D eigenvalue weighted by atomic mass is 10.1. The summed E-state index contributed by atoms with van der Waals surface area (Å²) in [4.78, 5) is 4.71. The van der Waals surface area contributed by atoms with E-state index in [0.29, 0.717) is 0 Å². The molecule has 16 heavy (non-hydrogen) atoms. The van der Waals surface area contributed by atoms with Crippen LogP contribution in [0.4, 0.5) is 17.1 Å². The highest BCUT2D eigenvalue weighted by Crippen LogP contribution is 2.37. The third kappa shape index (κ3) is 1.42. The van der Waals surface area contributed by atoms with Gasteiger partial charge >= 0.3 is 0 Å². The van der Waals surface area contributed by atoms with Crippen molar-refractivity contribution in [1.82, 2.24) is 0 Å². The van der Waals surface area contributed by atoms with Gasteiger partial charge in [-0.25, -0.2) is 0 Å². The SMILES string of the molecule is CN(C)c1ccc2c(c1)NC[C@@H]1CCCN21. The van der Waals surface area contributed by atoms with Gasteiger partial charge in [0.25, 0.3) is 0 Å². The Morgan fingerprint density at radius 3 is 3.06 bits per heavy atom. The molecule has 0 unspecified atom stereocenters. The van der Waals surface area contributed by atoms with E-state index in [1.165, 1.54) is 36.4 Å². The summed E-state index contributed by atoms with van der Waals surface area (Å²) in [5.74, 6) is 0. The molecule has 0 amide bonds. The van der Waals surface area contributed by atoms with Gasteiger partial charge in [-0.15, -0.1) is 0 Å². The molecule has 0 aromatic heterocycles. The summed E-state index contributed by atoms with van der Waals surface area (Å²) in [5, 5.41) is 3.56. The van der Waals surface area contributed by atoms with Gasteiger partial charge < -0.3 is 15.1 Å². The molecule has 2 aliphatic rings. The van der Waals surface area contributed by atoms with Crippen molar-refractivity contribution < 1.29 is 0 Å². The maximum absolute atomic E-state index is 3.56. The summed E-state index contributed by atoms with van der Waals surface area (Å²) in [7, 11) is 4.17. The summed E-state index contributed by atoms with van der Waals surface area (Å²) in [6, 6.07) is 7.44. The minimum Gasteiger partial charge on any atom is -0.381 e. The second-order valence-corrected chi connectivity index (χ2v) is 4.97. The van der Waals surface area contributed by atoms with Crippen molar-refractivity contribution in [1.29, 1.82) is 0 Å². The molecule has 3 heteroatoms. The van der Waals surface area contributed by atoms with Crippen molar-refractivity contribution in [3.05, 3.63) is 18.2 Å². The second kappa shape index (κ2) is 3.58. The van der Waals surface area contributed by atoms with Gasteiger partial charge in [-0.2, -0.15) is 0 Å².